The van der Waals surface area contributed by atoms with Crippen LogP contribution >= 0.6 is 34.9 Å². The molecule has 2 aliphatic heterocycles. The highest BCUT2D eigenvalue weighted by Gasteiger charge is 2.54. The molecule has 5 N–H and O–H groups in total. The van der Waals surface area contributed by atoms with Gasteiger partial charge in [-0.2, -0.15) is 0 Å². The molecule has 2 amide bonds. The van der Waals surface area contributed by atoms with Crippen molar-refractivity contribution in [2.24, 2.45) is 12.2 Å². The summed E-state index contributed by atoms with van der Waals surface area (Å²) in [7, 11) is 1.73. The largest absolute Gasteiger partial charge is 0.477 e. The van der Waals surface area contributed by atoms with Crippen molar-refractivity contribution in [3.63, 3.8) is 0 Å². The number of aryl methyl sites for hydroxylation is 1. The van der Waals surface area contributed by atoms with Crippen LogP contribution in [-0.4, -0.2) is 81.4 Å². The number of thioether (sulfide) groups is 2. The number of oxime groups is 1. The number of aliphatic carboxylic acids is 1. The van der Waals surface area contributed by atoms with Crippen molar-refractivity contribution in [3.8, 4) is 0 Å². The number of carbonyl (C=O) groups is 3. The SMILES string of the molecule is Cn1cnc(SCC2=C(C(=O)O)N3C(=O)C(NC(=O)/C(=N/O)c4csc(N)n4)C3SC2)n1. The van der Waals surface area contributed by atoms with Gasteiger partial charge in [0.25, 0.3) is 11.8 Å². The molecule has 2 unspecified atom stereocenters. The molecule has 2 aromatic rings. The summed E-state index contributed by atoms with van der Waals surface area (Å²) in [4.78, 5) is 46.4. The van der Waals surface area contributed by atoms with Gasteiger partial charge in [0.15, 0.2) is 10.8 Å². The Morgan fingerprint density at radius 3 is 2.84 bits per heavy atom. The molecule has 0 saturated carbocycles. The van der Waals surface area contributed by atoms with E-state index in [1.807, 2.05) is 0 Å². The predicted octanol–water partition coefficient (Wildman–Crippen LogP) is -0.437. The van der Waals surface area contributed by atoms with Gasteiger partial charge in [0.1, 0.15) is 29.1 Å². The van der Waals surface area contributed by atoms with Crippen LogP contribution in [0.25, 0.3) is 0 Å². The highest BCUT2D eigenvalue weighted by atomic mass is 32.2. The molecule has 0 spiro atoms. The molecule has 2 aliphatic rings. The highest BCUT2D eigenvalue weighted by Crippen LogP contribution is 2.41. The standard InChI is InChI=1S/C16H16N8O5S3/c1-23-5-18-16(21-23)32-3-6-2-30-13-9(12(26)24(13)10(6)14(27)28)20-11(25)8(22-29)7-4-31-15(17)19-7/h4-5,9,13,29H,2-3H2,1H3,(H2,17,19)(H,20,25)(H,27,28)/b22-8+. The van der Waals surface area contributed by atoms with E-state index in [1.165, 1.54) is 44.8 Å². The summed E-state index contributed by atoms with van der Waals surface area (Å²) < 4.78 is 1.54. The van der Waals surface area contributed by atoms with Crippen LogP contribution in [0.3, 0.4) is 0 Å². The van der Waals surface area contributed by atoms with Crippen LogP contribution in [0.2, 0.25) is 0 Å². The van der Waals surface area contributed by atoms with Crippen molar-refractivity contribution < 1.29 is 24.7 Å². The van der Waals surface area contributed by atoms with Gasteiger partial charge in [0.2, 0.25) is 5.16 Å². The van der Waals surface area contributed by atoms with Crippen LogP contribution in [0.15, 0.2) is 33.3 Å². The molecule has 0 aromatic carbocycles. The molecule has 168 valence electrons. The number of thiazole rings is 1. The number of nitrogens with two attached hydrogens (primary N) is 1. The first-order chi connectivity index (χ1) is 15.3. The second kappa shape index (κ2) is 8.79. The fourth-order valence-corrected chi connectivity index (χ4v) is 6.02. The van der Waals surface area contributed by atoms with Gasteiger partial charge < -0.3 is 21.4 Å². The van der Waals surface area contributed by atoms with Gasteiger partial charge in [-0.05, 0) is 5.57 Å². The number of carboxylic acids is 1. The lowest BCUT2D eigenvalue weighted by molar-refractivity contribution is -0.150. The zero-order valence-corrected chi connectivity index (χ0v) is 18.8. The van der Waals surface area contributed by atoms with Gasteiger partial charge in [-0.25, -0.2) is 14.8 Å². The first-order valence-electron chi connectivity index (χ1n) is 8.93. The number of nitrogens with zero attached hydrogens (tertiary/aromatic N) is 6. The first kappa shape index (κ1) is 22.1. The Labute approximate surface area is 192 Å². The fraction of sp³-hybridized carbons (Fsp3) is 0.312. The second-order valence-electron chi connectivity index (χ2n) is 6.63. The smallest absolute Gasteiger partial charge is 0.352 e. The van der Waals surface area contributed by atoms with Crippen molar-refractivity contribution in [2.75, 3.05) is 17.2 Å². The molecular weight excluding hydrogens is 480 g/mol. The number of hydrogen-bond donors (Lipinski definition) is 4. The van der Waals surface area contributed by atoms with Crippen LogP contribution in [0, 0.1) is 0 Å². The average molecular weight is 497 g/mol. The number of fused-ring (bicyclic) bond motifs is 1. The Bertz CT molecular complexity index is 1160. The third-order valence-electron chi connectivity index (χ3n) is 4.57. The number of amides is 2. The van der Waals surface area contributed by atoms with E-state index >= 15 is 0 Å². The number of β-lactam (4-membered cyclic amide) rings is 1. The molecular formula is C16H16N8O5S3. The summed E-state index contributed by atoms with van der Waals surface area (Å²) in [6.07, 6.45) is 1.54. The zero-order chi connectivity index (χ0) is 23.0. The van der Waals surface area contributed by atoms with Gasteiger partial charge in [-0.1, -0.05) is 16.9 Å². The van der Waals surface area contributed by atoms with E-state index in [2.05, 4.69) is 25.5 Å². The van der Waals surface area contributed by atoms with E-state index in [9.17, 15) is 24.7 Å². The lowest BCUT2D eigenvalue weighted by Gasteiger charge is -2.49. The van der Waals surface area contributed by atoms with Crippen LogP contribution in [0.4, 0.5) is 5.13 Å². The Balaban J connectivity index is 1.48. The topological polar surface area (TPSA) is 189 Å². The van der Waals surface area contributed by atoms with E-state index in [4.69, 9.17) is 5.73 Å². The molecule has 32 heavy (non-hydrogen) atoms. The van der Waals surface area contributed by atoms with Crippen molar-refractivity contribution in [1.82, 2.24) is 30.0 Å². The minimum absolute atomic E-state index is 0.0704. The molecule has 0 radical (unpaired) electrons. The van der Waals surface area contributed by atoms with Gasteiger partial charge in [-0.15, -0.1) is 28.2 Å². The molecule has 2 aromatic heterocycles. The van der Waals surface area contributed by atoms with Crippen LogP contribution in [-0.2, 0) is 21.4 Å². The molecule has 2 atom stereocenters. The predicted molar refractivity (Wildman–Crippen MR) is 116 cm³/mol. The van der Waals surface area contributed by atoms with Crippen molar-refractivity contribution in [3.05, 3.63) is 28.7 Å². The maximum absolute atomic E-state index is 12.8. The summed E-state index contributed by atoms with van der Waals surface area (Å²) in [5.41, 5.74) is 5.68. The Morgan fingerprint density at radius 2 is 2.25 bits per heavy atom. The molecule has 13 nitrogen and oxygen atoms in total. The third-order valence-corrected chi connectivity index (χ3v) is 7.52. The Kier molecular flexibility index (Phi) is 6.07. The van der Waals surface area contributed by atoms with Gasteiger partial charge >= 0.3 is 5.97 Å². The van der Waals surface area contributed by atoms with Crippen molar-refractivity contribution >= 4 is 63.5 Å². The normalized spacial score (nSPS) is 20.7. The van der Waals surface area contributed by atoms with Crippen molar-refractivity contribution in [1.29, 1.82) is 0 Å². The number of carboxylic acid groups (broad SMARTS) is 1. The van der Waals surface area contributed by atoms with E-state index in [-0.39, 0.29) is 22.2 Å². The summed E-state index contributed by atoms with van der Waals surface area (Å²) in [6, 6.07) is -0.971. The van der Waals surface area contributed by atoms with Gasteiger partial charge in [0, 0.05) is 23.9 Å². The minimum Gasteiger partial charge on any atom is -0.477 e. The fourth-order valence-electron chi connectivity index (χ4n) is 3.15. The number of nitrogen functional groups attached to an aromatic ring is 1. The molecule has 1 saturated heterocycles. The maximum atomic E-state index is 12.8. The lowest BCUT2D eigenvalue weighted by atomic mass is 10.0. The number of anilines is 1. The van der Waals surface area contributed by atoms with Crippen LogP contribution in [0.5, 0.6) is 0 Å². The van der Waals surface area contributed by atoms with E-state index in [0.717, 1.165) is 11.3 Å². The van der Waals surface area contributed by atoms with Crippen molar-refractivity contribution in [2.45, 2.75) is 16.6 Å². The number of hydrogen-bond acceptors (Lipinski definition) is 12. The summed E-state index contributed by atoms with van der Waals surface area (Å²) in [5, 5.41) is 30.1. The summed E-state index contributed by atoms with van der Waals surface area (Å²) in [5.74, 6) is -1.96. The summed E-state index contributed by atoms with van der Waals surface area (Å²) >= 11 is 3.66. The summed E-state index contributed by atoms with van der Waals surface area (Å²) in [6.45, 7) is 0. The highest BCUT2D eigenvalue weighted by molar-refractivity contribution is 8.01. The monoisotopic (exact) mass is 496 g/mol. The third kappa shape index (κ3) is 4.03. The lowest BCUT2D eigenvalue weighted by Crippen LogP contribution is -2.71. The first-order valence-corrected chi connectivity index (χ1v) is 11.8. The molecule has 4 heterocycles. The Hall–Kier alpha value is -3.11. The van der Waals surface area contributed by atoms with Gasteiger partial charge in [0.05, 0.1) is 0 Å². The van der Waals surface area contributed by atoms with Crippen LogP contribution < -0.4 is 11.1 Å². The average Bonchev–Trinajstić information content (AvgIpc) is 3.38. The van der Waals surface area contributed by atoms with Gasteiger partial charge in [-0.3, -0.25) is 19.2 Å². The van der Waals surface area contributed by atoms with E-state index < -0.39 is 29.2 Å². The maximum Gasteiger partial charge on any atom is 0.352 e. The molecule has 0 aliphatic carbocycles. The zero-order valence-electron chi connectivity index (χ0n) is 16.3. The molecule has 1 fully saturated rings. The van der Waals surface area contributed by atoms with E-state index in [1.54, 1.807) is 7.05 Å². The quantitative estimate of drug-likeness (QED) is 0.128. The van der Waals surface area contributed by atoms with Crippen LogP contribution in [0.1, 0.15) is 5.69 Å². The number of carbonyl (C=O) groups excluding carboxylic acids is 2. The number of aromatic nitrogens is 4. The molecule has 16 heteroatoms. The Morgan fingerprint density at radius 1 is 1.47 bits per heavy atom. The molecule has 4 rings (SSSR count). The molecule has 0 bridgehead atoms. The minimum atomic E-state index is -1.23. The second-order valence-corrected chi connectivity index (χ2v) is 9.56. The van der Waals surface area contributed by atoms with E-state index in [0.29, 0.717) is 22.2 Å². The number of rotatable bonds is 7. The number of nitrogens with one attached hydrogen (secondary N) is 1.